The highest BCUT2D eigenvalue weighted by Crippen LogP contribution is 2.21. The third kappa shape index (κ3) is 4.47. The zero-order chi connectivity index (χ0) is 17.7. The number of carboxylic acid groups (broad SMARTS) is 1. The zero-order valence-electron chi connectivity index (χ0n) is 13.6. The van der Waals surface area contributed by atoms with Crippen LogP contribution in [0.25, 0.3) is 0 Å². The number of hydrogen-bond donors (Lipinski definition) is 2. The van der Waals surface area contributed by atoms with Crippen LogP contribution in [0.4, 0.5) is 5.69 Å². The number of carbonyl (C=O) groups is 2. The summed E-state index contributed by atoms with van der Waals surface area (Å²) in [6.45, 7) is 2.16. The molecule has 24 heavy (non-hydrogen) atoms. The zero-order valence-corrected chi connectivity index (χ0v) is 14.4. The number of benzene rings is 1. The quantitative estimate of drug-likeness (QED) is 0.812. The van der Waals surface area contributed by atoms with Gasteiger partial charge < -0.3 is 10.0 Å². The van der Waals surface area contributed by atoms with Gasteiger partial charge in [-0.3, -0.25) is 9.52 Å². The van der Waals surface area contributed by atoms with Gasteiger partial charge in [0.2, 0.25) is 10.0 Å². The van der Waals surface area contributed by atoms with E-state index in [4.69, 9.17) is 0 Å². The number of anilines is 1. The van der Waals surface area contributed by atoms with E-state index in [9.17, 15) is 23.1 Å². The number of amides is 1. The molecule has 1 amide bonds. The standard InChI is InChI=1S/C16H22N2O5S/c1-2-10-24(22,23)17-13-7-5-6-12(11-13)15(19)18-9-4-3-8-14(18)16(20)21/h5-7,11,14,17H,2-4,8-10H2,1H3,(H,20,21). The molecule has 0 radical (unpaired) electrons. The van der Waals surface area contributed by atoms with Crippen LogP contribution in [0.15, 0.2) is 24.3 Å². The third-order valence-corrected chi connectivity index (χ3v) is 5.40. The SMILES string of the molecule is CCCS(=O)(=O)Nc1cccc(C(=O)N2CCCCC2C(=O)O)c1. The lowest BCUT2D eigenvalue weighted by atomic mass is 10.0. The Kier molecular flexibility index (Phi) is 5.82. The second kappa shape index (κ2) is 7.65. The Bertz CT molecular complexity index is 717. The fourth-order valence-corrected chi connectivity index (χ4v) is 3.94. The summed E-state index contributed by atoms with van der Waals surface area (Å²) in [6.07, 6.45) is 2.46. The van der Waals surface area contributed by atoms with E-state index in [0.717, 1.165) is 12.8 Å². The summed E-state index contributed by atoms with van der Waals surface area (Å²) in [4.78, 5) is 25.3. The predicted molar refractivity (Wildman–Crippen MR) is 90.5 cm³/mol. The van der Waals surface area contributed by atoms with E-state index >= 15 is 0 Å². The number of piperidine rings is 1. The summed E-state index contributed by atoms with van der Waals surface area (Å²) in [6, 6.07) is 5.33. The van der Waals surface area contributed by atoms with E-state index < -0.39 is 27.9 Å². The maximum Gasteiger partial charge on any atom is 0.326 e. The Morgan fingerprint density at radius 1 is 1.33 bits per heavy atom. The Labute approximate surface area is 141 Å². The van der Waals surface area contributed by atoms with Gasteiger partial charge in [0, 0.05) is 17.8 Å². The maximum absolute atomic E-state index is 12.6. The van der Waals surface area contributed by atoms with Crippen LogP contribution < -0.4 is 4.72 Å². The van der Waals surface area contributed by atoms with Gasteiger partial charge in [0.15, 0.2) is 0 Å². The van der Waals surface area contributed by atoms with Crippen LogP contribution in [0, 0.1) is 0 Å². The maximum atomic E-state index is 12.6. The van der Waals surface area contributed by atoms with Crippen LogP contribution in [0.2, 0.25) is 0 Å². The molecule has 1 aromatic carbocycles. The van der Waals surface area contributed by atoms with Crippen LogP contribution in [0.3, 0.4) is 0 Å². The Morgan fingerprint density at radius 2 is 2.08 bits per heavy atom. The first-order chi connectivity index (χ1) is 11.3. The lowest BCUT2D eigenvalue weighted by Gasteiger charge is -2.33. The van der Waals surface area contributed by atoms with Gasteiger partial charge in [0.25, 0.3) is 5.91 Å². The molecule has 0 spiro atoms. The second-order valence-corrected chi connectivity index (χ2v) is 7.69. The van der Waals surface area contributed by atoms with Crippen LogP contribution in [-0.4, -0.2) is 48.6 Å². The molecule has 0 aliphatic carbocycles. The average Bonchev–Trinajstić information content (AvgIpc) is 2.53. The number of carboxylic acids is 1. The second-order valence-electron chi connectivity index (χ2n) is 5.85. The van der Waals surface area contributed by atoms with Crippen LogP contribution in [0.5, 0.6) is 0 Å². The molecular weight excluding hydrogens is 332 g/mol. The smallest absolute Gasteiger partial charge is 0.326 e. The number of nitrogens with one attached hydrogen (secondary N) is 1. The molecule has 0 aromatic heterocycles. The van der Waals surface area contributed by atoms with Gasteiger partial charge in [-0.25, -0.2) is 13.2 Å². The van der Waals surface area contributed by atoms with Crippen molar-refractivity contribution < 1.29 is 23.1 Å². The lowest BCUT2D eigenvalue weighted by Crippen LogP contribution is -2.48. The van der Waals surface area contributed by atoms with Crippen LogP contribution in [0.1, 0.15) is 43.0 Å². The lowest BCUT2D eigenvalue weighted by molar-refractivity contribution is -0.143. The average molecular weight is 354 g/mol. The third-order valence-electron chi connectivity index (χ3n) is 3.90. The van der Waals surface area contributed by atoms with Gasteiger partial charge in [0.05, 0.1) is 5.75 Å². The van der Waals surface area contributed by atoms with Crippen molar-refractivity contribution in [2.24, 2.45) is 0 Å². The van der Waals surface area contributed by atoms with Crippen molar-refractivity contribution in [3.8, 4) is 0 Å². The van der Waals surface area contributed by atoms with Gasteiger partial charge >= 0.3 is 5.97 Å². The first-order valence-electron chi connectivity index (χ1n) is 7.98. The molecule has 0 bridgehead atoms. The molecule has 0 saturated carbocycles. The van der Waals surface area contributed by atoms with Crippen LogP contribution >= 0.6 is 0 Å². The van der Waals surface area contributed by atoms with Crippen molar-refractivity contribution in [2.75, 3.05) is 17.0 Å². The van der Waals surface area contributed by atoms with Crippen molar-refractivity contribution in [1.29, 1.82) is 0 Å². The number of nitrogens with zero attached hydrogens (tertiary/aromatic N) is 1. The summed E-state index contributed by atoms with van der Waals surface area (Å²) in [5.74, 6) is -1.40. The summed E-state index contributed by atoms with van der Waals surface area (Å²) in [7, 11) is -3.45. The molecule has 2 N–H and O–H groups in total. The van der Waals surface area contributed by atoms with Crippen LogP contribution in [-0.2, 0) is 14.8 Å². The number of aliphatic carboxylic acids is 1. The summed E-state index contributed by atoms with van der Waals surface area (Å²) in [5.41, 5.74) is 0.582. The number of hydrogen-bond acceptors (Lipinski definition) is 4. The van der Waals surface area contributed by atoms with E-state index in [0.29, 0.717) is 25.1 Å². The van der Waals surface area contributed by atoms with E-state index in [1.165, 1.54) is 11.0 Å². The number of likely N-dealkylation sites (tertiary alicyclic amines) is 1. The minimum absolute atomic E-state index is 0.00160. The van der Waals surface area contributed by atoms with Crippen molar-refractivity contribution in [1.82, 2.24) is 4.90 Å². The van der Waals surface area contributed by atoms with Crippen molar-refractivity contribution in [3.05, 3.63) is 29.8 Å². The van der Waals surface area contributed by atoms with Crippen molar-refractivity contribution >= 4 is 27.6 Å². The minimum atomic E-state index is -3.45. The molecule has 1 unspecified atom stereocenters. The highest BCUT2D eigenvalue weighted by molar-refractivity contribution is 7.92. The molecule has 1 saturated heterocycles. The van der Waals surface area contributed by atoms with Gasteiger partial charge in [0.1, 0.15) is 6.04 Å². The summed E-state index contributed by atoms with van der Waals surface area (Å²) in [5, 5.41) is 9.29. The van der Waals surface area contributed by atoms with E-state index in [-0.39, 0.29) is 11.3 Å². The van der Waals surface area contributed by atoms with Crippen molar-refractivity contribution in [2.45, 2.75) is 38.6 Å². The Hall–Kier alpha value is -2.09. The number of carbonyl (C=O) groups excluding carboxylic acids is 1. The molecule has 1 aliphatic rings. The molecule has 1 aromatic rings. The topological polar surface area (TPSA) is 104 Å². The monoisotopic (exact) mass is 354 g/mol. The number of sulfonamides is 1. The fourth-order valence-electron chi connectivity index (χ4n) is 2.81. The van der Waals surface area contributed by atoms with Crippen molar-refractivity contribution in [3.63, 3.8) is 0 Å². The molecular formula is C16H22N2O5S. The Balaban J connectivity index is 2.21. The van der Waals surface area contributed by atoms with Gasteiger partial charge in [-0.1, -0.05) is 13.0 Å². The molecule has 132 valence electrons. The van der Waals surface area contributed by atoms with E-state index in [1.54, 1.807) is 25.1 Å². The Morgan fingerprint density at radius 3 is 2.75 bits per heavy atom. The first-order valence-corrected chi connectivity index (χ1v) is 9.63. The summed E-state index contributed by atoms with van der Waals surface area (Å²) < 4.78 is 26.1. The highest BCUT2D eigenvalue weighted by atomic mass is 32.2. The summed E-state index contributed by atoms with van der Waals surface area (Å²) >= 11 is 0. The fraction of sp³-hybridized carbons (Fsp3) is 0.500. The minimum Gasteiger partial charge on any atom is -0.480 e. The highest BCUT2D eigenvalue weighted by Gasteiger charge is 2.32. The van der Waals surface area contributed by atoms with E-state index in [2.05, 4.69) is 4.72 Å². The number of rotatable bonds is 6. The molecule has 8 heteroatoms. The molecule has 1 fully saturated rings. The first kappa shape index (κ1) is 18.3. The molecule has 2 rings (SSSR count). The predicted octanol–water partition coefficient (Wildman–Crippen LogP) is 1.92. The normalized spacial score (nSPS) is 18.2. The van der Waals surface area contributed by atoms with Gasteiger partial charge in [-0.2, -0.15) is 0 Å². The van der Waals surface area contributed by atoms with Gasteiger partial charge in [-0.05, 0) is 43.9 Å². The molecule has 1 atom stereocenters. The molecule has 7 nitrogen and oxygen atoms in total. The molecule has 1 heterocycles. The van der Waals surface area contributed by atoms with E-state index in [1.807, 2.05) is 0 Å². The molecule has 1 aliphatic heterocycles. The largest absolute Gasteiger partial charge is 0.480 e. The van der Waals surface area contributed by atoms with Gasteiger partial charge in [-0.15, -0.1) is 0 Å².